The highest BCUT2D eigenvalue weighted by Crippen LogP contribution is 2.44. The van der Waals surface area contributed by atoms with Crippen molar-refractivity contribution in [2.24, 2.45) is 0 Å². The molecule has 5 heteroatoms. The van der Waals surface area contributed by atoms with Gasteiger partial charge in [-0.1, -0.05) is 146 Å². The molecule has 13 aromatic rings. The van der Waals surface area contributed by atoms with Crippen LogP contribution in [0.1, 0.15) is 0 Å². The van der Waals surface area contributed by atoms with Crippen molar-refractivity contribution >= 4 is 65.3 Å². The van der Waals surface area contributed by atoms with Crippen LogP contribution in [-0.4, -0.2) is 19.5 Å². The summed E-state index contributed by atoms with van der Waals surface area (Å²) in [5.41, 5.74) is 12.7. The number of furan rings is 1. The molecule has 0 amide bonds. The van der Waals surface area contributed by atoms with E-state index >= 15 is 0 Å². The van der Waals surface area contributed by atoms with Crippen molar-refractivity contribution in [3.8, 4) is 62.1 Å². The van der Waals surface area contributed by atoms with Crippen LogP contribution < -0.4 is 0 Å². The third kappa shape index (κ3) is 5.38. The quantitative estimate of drug-likeness (QED) is 0.157. The summed E-state index contributed by atoms with van der Waals surface area (Å²) in [6.07, 6.45) is 0. The Morgan fingerprint density at radius 1 is 0.290 bits per heavy atom. The molecule has 0 aliphatic heterocycles. The van der Waals surface area contributed by atoms with Gasteiger partial charge in [0.05, 0.1) is 11.0 Å². The Balaban J connectivity index is 0.973. The Morgan fingerprint density at radius 2 is 0.726 bits per heavy atom. The second-order valence-electron chi connectivity index (χ2n) is 16.0. The predicted octanol–water partition coefficient (Wildman–Crippen LogP) is 14.9. The van der Waals surface area contributed by atoms with Crippen molar-refractivity contribution in [3.05, 3.63) is 206 Å². The molecular formula is C57H34N4O. The molecule has 0 saturated heterocycles. The van der Waals surface area contributed by atoms with Crippen LogP contribution in [0.15, 0.2) is 211 Å². The molecule has 0 bridgehead atoms. The van der Waals surface area contributed by atoms with E-state index in [1.807, 2.05) is 60.7 Å². The van der Waals surface area contributed by atoms with Crippen LogP contribution in [0.4, 0.5) is 0 Å². The maximum Gasteiger partial charge on any atom is 0.164 e. The summed E-state index contributed by atoms with van der Waals surface area (Å²) in [6.45, 7) is 0. The van der Waals surface area contributed by atoms with Gasteiger partial charge in [-0.05, 0) is 104 Å². The third-order valence-corrected chi connectivity index (χ3v) is 12.4. The van der Waals surface area contributed by atoms with Gasteiger partial charge in [-0.25, -0.2) is 15.0 Å². The molecule has 5 nitrogen and oxygen atoms in total. The van der Waals surface area contributed by atoms with Crippen molar-refractivity contribution in [1.29, 1.82) is 0 Å². The molecular weight excluding hydrogens is 757 g/mol. The first-order valence-corrected chi connectivity index (χ1v) is 20.9. The molecule has 0 aliphatic rings. The van der Waals surface area contributed by atoms with Gasteiger partial charge in [0.1, 0.15) is 11.2 Å². The Bertz CT molecular complexity index is 3790. The average molecular weight is 791 g/mol. The predicted molar refractivity (Wildman–Crippen MR) is 255 cm³/mol. The van der Waals surface area contributed by atoms with Crippen LogP contribution in [0, 0.1) is 0 Å². The van der Waals surface area contributed by atoms with Crippen molar-refractivity contribution in [3.63, 3.8) is 0 Å². The first-order valence-electron chi connectivity index (χ1n) is 20.9. The van der Waals surface area contributed by atoms with Gasteiger partial charge >= 0.3 is 0 Å². The van der Waals surface area contributed by atoms with Crippen molar-refractivity contribution in [2.75, 3.05) is 0 Å². The molecule has 0 fully saturated rings. The summed E-state index contributed by atoms with van der Waals surface area (Å²) >= 11 is 0. The number of hydrogen-bond donors (Lipinski definition) is 0. The molecule has 13 rings (SSSR count). The molecule has 3 heterocycles. The molecule has 0 unspecified atom stereocenters. The number of aromatic nitrogens is 4. The lowest BCUT2D eigenvalue weighted by Crippen LogP contribution is -2.00. The standard InChI is InChI=1S/C57H34N4O/c1-4-13-35(14-5-1)55-58-56(36-15-6-2-7-16-36)60-57(59-55)41-18-10-17-37(31-41)39-26-29-49-47(33-39)48-34-40(27-30-50(48)61(49)42-19-8-3-9-20-42)38-25-28-43-44-21-11-23-51-53(44)54-45(46(43)32-38)22-12-24-52(54)62-51/h1-34H. The zero-order chi connectivity index (χ0) is 40.7. The van der Waals surface area contributed by atoms with Crippen LogP contribution in [0.25, 0.3) is 127 Å². The van der Waals surface area contributed by atoms with E-state index < -0.39 is 0 Å². The second kappa shape index (κ2) is 13.6. The highest BCUT2D eigenvalue weighted by atomic mass is 16.3. The van der Waals surface area contributed by atoms with Crippen LogP contribution >= 0.6 is 0 Å². The zero-order valence-corrected chi connectivity index (χ0v) is 33.3. The number of para-hydroxylation sites is 1. The summed E-state index contributed by atoms with van der Waals surface area (Å²) < 4.78 is 8.71. The molecule has 10 aromatic carbocycles. The Kier molecular flexibility index (Phi) is 7.54. The molecule has 288 valence electrons. The minimum atomic E-state index is 0.632. The zero-order valence-electron chi connectivity index (χ0n) is 33.3. The monoisotopic (exact) mass is 790 g/mol. The van der Waals surface area contributed by atoms with E-state index in [0.29, 0.717) is 17.5 Å². The van der Waals surface area contributed by atoms with Crippen LogP contribution in [0.5, 0.6) is 0 Å². The lowest BCUT2D eigenvalue weighted by Gasteiger charge is -2.11. The largest absolute Gasteiger partial charge is 0.456 e. The smallest absolute Gasteiger partial charge is 0.164 e. The highest BCUT2D eigenvalue weighted by molar-refractivity contribution is 6.33. The molecule has 0 atom stereocenters. The van der Waals surface area contributed by atoms with E-state index in [4.69, 9.17) is 19.4 Å². The van der Waals surface area contributed by atoms with Gasteiger partial charge in [-0.2, -0.15) is 0 Å². The van der Waals surface area contributed by atoms with E-state index in [9.17, 15) is 0 Å². The van der Waals surface area contributed by atoms with Crippen molar-refractivity contribution in [1.82, 2.24) is 19.5 Å². The van der Waals surface area contributed by atoms with Crippen molar-refractivity contribution < 1.29 is 4.42 Å². The summed E-state index contributed by atoms with van der Waals surface area (Å²) in [5.74, 6) is 1.92. The van der Waals surface area contributed by atoms with Gasteiger partial charge in [0.15, 0.2) is 17.5 Å². The van der Waals surface area contributed by atoms with E-state index in [2.05, 4.69) is 150 Å². The molecule has 0 N–H and O–H groups in total. The minimum absolute atomic E-state index is 0.632. The Morgan fingerprint density at radius 3 is 1.31 bits per heavy atom. The van der Waals surface area contributed by atoms with Gasteiger partial charge in [-0.3, -0.25) is 0 Å². The number of hydrogen-bond acceptors (Lipinski definition) is 4. The summed E-state index contributed by atoms with van der Waals surface area (Å²) in [7, 11) is 0. The number of benzene rings is 10. The van der Waals surface area contributed by atoms with Gasteiger partial charge < -0.3 is 8.98 Å². The van der Waals surface area contributed by atoms with E-state index in [0.717, 1.165) is 55.7 Å². The first-order chi connectivity index (χ1) is 30.7. The van der Waals surface area contributed by atoms with E-state index in [1.54, 1.807) is 0 Å². The Hall–Kier alpha value is -8.41. The molecule has 3 aromatic heterocycles. The maximum absolute atomic E-state index is 6.33. The molecule has 0 spiro atoms. The third-order valence-electron chi connectivity index (χ3n) is 12.4. The fourth-order valence-corrected chi connectivity index (χ4v) is 9.51. The number of rotatable bonds is 6. The lowest BCUT2D eigenvalue weighted by atomic mass is 9.92. The molecule has 0 radical (unpaired) electrons. The second-order valence-corrected chi connectivity index (χ2v) is 16.0. The van der Waals surface area contributed by atoms with Crippen LogP contribution in [0.3, 0.4) is 0 Å². The summed E-state index contributed by atoms with van der Waals surface area (Å²) in [4.78, 5) is 15.0. The lowest BCUT2D eigenvalue weighted by molar-refractivity contribution is 0.669. The van der Waals surface area contributed by atoms with E-state index in [-0.39, 0.29) is 0 Å². The highest BCUT2D eigenvalue weighted by Gasteiger charge is 2.19. The average Bonchev–Trinajstić information content (AvgIpc) is 3.90. The molecule has 0 saturated carbocycles. The normalized spacial score (nSPS) is 11.9. The number of nitrogens with zero attached hydrogens (tertiary/aromatic N) is 4. The Labute approximate surface area is 356 Å². The summed E-state index contributed by atoms with van der Waals surface area (Å²) in [6, 6.07) is 72.9. The fourth-order valence-electron chi connectivity index (χ4n) is 9.51. The SMILES string of the molecule is c1ccc(-c2nc(-c3ccccc3)nc(-c3cccc(-c4ccc5c(c4)c4cc(-c6ccc7c(c6)c6cccc8oc9cccc7c9c86)ccc4n5-c4ccccc4)c3)n2)cc1. The first kappa shape index (κ1) is 34.5. The van der Waals surface area contributed by atoms with Gasteiger partial charge in [0, 0.05) is 43.9 Å². The van der Waals surface area contributed by atoms with Crippen LogP contribution in [0.2, 0.25) is 0 Å². The summed E-state index contributed by atoms with van der Waals surface area (Å²) in [5, 5.41) is 9.69. The number of fused-ring (bicyclic) bond motifs is 6. The van der Waals surface area contributed by atoms with Crippen molar-refractivity contribution in [2.45, 2.75) is 0 Å². The van der Waals surface area contributed by atoms with E-state index in [1.165, 1.54) is 54.2 Å². The fraction of sp³-hybridized carbons (Fsp3) is 0. The maximum atomic E-state index is 6.33. The van der Waals surface area contributed by atoms with Gasteiger partial charge in [0.25, 0.3) is 0 Å². The minimum Gasteiger partial charge on any atom is -0.456 e. The van der Waals surface area contributed by atoms with Gasteiger partial charge in [-0.15, -0.1) is 0 Å². The van der Waals surface area contributed by atoms with Crippen LogP contribution in [-0.2, 0) is 0 Å². The molecule has 0 aliphatic carbocycles. The van der Waals surface area contributed by atoms with Gasteiger partial charge in [0.2, 0.25) is 0 Å². The topological polar surface area (TPSA) is 56.7 Å². The molecule has 62 heavy (non-hydrogen) atoms.